The highest BCUT2D eigenvalue weighted by Crippen LogP contribution is 2.48. The van der Waals surface area contributed by atoms with Crippen LogP contribution in [-0.4, -0.2) is 41.9 Å². The SMILES string of the molecule is CN(CCCCCCCCCBr)C1CCC(OC(=O)C2(C)c3ccccc3Oc3ccccc32)CC1. The van der Waals surface area contributed by atoms with Crippen LogP contribution in [0.5, 0.6) is 11.5 Å². The Hall–Kier alpha value is -1.85. The summed E-state index contributed by atoms with van der Waals surface area (Å²) >= 11 is 3.51. The van der Waals surface area contributed by atoms with Gasteiger partial charge in [-0.3, -0.25) is 4.79 Å². The molecule has 1 saturated carbocycles. The van der Waals surface area contributed by atoms with E-state index in [0.717, 1.165) is 53.6 Å². The normalized spacial score (nSPS) is 20.3. The van der Waals surface area contributed by atoms with E-state index in [4.69, 9.17) is 9.47 Å². The molecule has 1 aliphatic heterocycles. The predicted molar refractivity (Wildman–Crippen MR) is 150 cm³/mol. The van der Waals surface area contributed by atoms with E-state index in [1.807, 2.05) is 55.5 Å². The van der Waals surface area contributed by atoms with Crippen molar-refractivity contribution in [3.05, 3.63) is 59.7 Å². The molecule has 4 nitrogen and oxygen atoms in total. The van der Waals surface area contributed by atoms with Gasteiger partial charge in [0, 0.05) is 22.5 Å². The van der Waals surface area contributed by atoms with E-state index in [0.29, 0.717) is 6.04 Å². The molecule has 0 N–H and O–H groups in total. The number of benzene rings is 2. The van der Waals surface area contributed by atoms with Gasteiger partial charge in [0.15, 0.2) is 0 Å². The molecule has 5 heteroatoms. The Labute approximate surface area is 225 Å². The molecule has 0 saturated heterocycles. The fourth-order valence-electron chi connectivity index (χ4n) is 5.82. The summed E-state index contributed by atoms with van der Waals surface area (Å²) in [6.45, 7) is 3.15. The fourth-order valence-corrected chi connectivity index (χ4v) is 6.21. The Kier molecular flexibility index (Phi) is 9.89. The van der Waals surface area contributed by atoms with Crippen molar-refractivity contribution in [2.75, 3.05) is 18.9 Å². The highest BCUT2D eigenvalue weighted by Gasteiger charge is 2.46. The molecule has 2 aromatic carbocycles. The maximum Gasteiger partial charge on any atom is 0.321 e. The van der Waals surface area contributed by atoms with E-state index in [1.54, 1.807) is 0 Å². The molecule has 0 aromatic heterocycles. The van der Waals surface area contributed by atoms with E-state index in [2.05, 4.69) is 27.9 Å². The highest BCUT2D eigenvalue weighted by molar-refractivity contribution is 9.09. The average Bonchev–Trinajstić information content (AvgIpc) is 2.90. The Morgan fingerprint density at radius 1 is 0.889 bits per heavy atom. The van der Waals surface area contributed by atoms with Crippen molar-refractivity contribution in [3.63, 3.8) is 0 Å². The summed E-state index contributed by atoms with van der Waals surface area (Å²) in [4.78, 5) is 16.3. The summed E-state index contributed by atoms with van der Waals surface area (Å²) in [5.74, 6) is 1.30. The van der Waals surface area contributed by atoms with E-state index >= 15 is 0 Å². The van der Waals surface area contributed by atoms with Crippen LogP contribution >= 0.6 is 15.9 Å². The van der Waals surface area contributed by atoms with Crippen LogP contribution in [-0.2, 0) is 14.9 Å². The minimum atomic E-state index is -0.868. The lowest BCUT2D eigenvalue weighted by Gasteiger charge is -2.38. The number of carbonyl (C=O) groups excluding carboxylic acids is 1. The number of fused-ring (bicyclic) bond motifs is 2. The van der Waals surface area contributed by atoms with Crippen molar-refractivity contribution in [1.82, 2.24) is 4.90 Å². The lowest BCUT2D eigenvalue weighted by atomic mass is 9.74. The number of carbonyl (C=O) groups is 1. The Bertz CT molecular complexity index is 940. The number of para-hydroxylation sites is 2. The molecule has 2 aliphatic rings. The minimum absolute atomic E-state index is 0.0133. The standard InChI is InChI=1S/C31H42BrNO3/c1-31(26-14-8-10-16-28(26)36-29-17-11-9-15-27(29)31)30(34)35-25-20-18-24(19-21-25)33(2)23-13-7-5-3-4-6-12-22-32/h8-11,14-17,24-25H,3-7,12-13,18-23H2,1-2H3. The van der Waals surface area contributed by atoms with Crippen molar-refractivity contribution in [2.24, 2.45) is 0 Å². The lowest BCUT2D eigenvalue weighted by molar-refractivity contribution is -0.156. The number of alkyl halides is 1. The zero-order valence-electron chi connectivity index (χ0n) is 22.0. The summed E-state index contributed by atoms with van der Waals surface area (Å²) in [5, 5.41) is 1.13. The van der Waals surface area contributed by atoms with Gasteiger partial charge in [-0.05, 0) is 71.2 Å². The third kappa shape index (κ3) is 6.34. The molecule has 0 atom stereocenters. The predicted octanol–water partition coefficient (Wildman–Crippen LogP) is 8.01. The minimum Gasteiger partial charge on any atom is -0.461 e. The number of halogens is 1. The number of unbranched alkanes of at least 4 members (excludes halogenated alkanes) is 6. The molecule has 0 amide bonds. The van der Waals surface area contributed by atoms with Gasteiger partial charge in [-0.2, -0.15) is 0 Å². The van der Waals surface area contributed by atoms with E-state index in [-0.39, 0.29) is 12.1 Å². The van der Waals surface area contributed by atoms with Crippen LogP contribution in [0.15, 0.2) is 48.5 Å². The Morgan fingerprint density at radius 2 is 1.42 bits per heavy atom. The second kappa shape index (κ2) is 13.1. The molecule has 1 heterocycles. The number of hydrogen-bond donors (Lipinski definition) is 0. The quantitative estimate of drug-likeness (QED) is 0.151. The molecule has 2 aromatic rings. The Balaban J connectivity index is 1.26. The molecule has 1 fully saturated rings. The van der Waals surface area contributed by atoms with Gasteiger partial charge >= 0.3 is 5.97 Å². The molecule has 0 bridgehead atoms. The third-order valence-corrected chi connectivity index (χ3v) is 8.73. The molecule has 196 valence electrons. The molecule has 1 aliphatic carbocycles. The first-order chi connectivity index (χ1) is 17.5. The van der Waals surface area contributed by atoms with Crippen LogP contribution in [0.2, 0.25) is 0 Å². The van der Waals surface area contributed by atoms with Crippen LogP contribution in [0.4, 0.5) is 0 Å². The van der Waals surface area contributed by atoms with Crippen molar-refractivity contribution in [2.45, 2.75) is 95.1 Å². The number of ether oxygens (including phenoxy) is 2. The topological polar surface area (TPSA) is 38.8 Å². The number of hydrogen-bond acceptors (Lipinski definition) is 4. The van der Waals surface area contributed by atoms with Crippen molar-refractivity contribution in [3.8, 4) is 11.5 Å². The summed E-state index contributed by atoms with van der Waals surface area (Å²) < 4.78 is 12.3. The number of nitrogens with zero attached hydrogens (tertiary/aromatic N) is 1. The summed E-state index contributed by atoms with van der Waals surface area (Å²) in [7, 11) is 2.27. The molecule has 0 radical (unpaired) electrons. The van der Waals surface area contributed by atoms with E-state index < -0.39 is 5.41 Å². The zero-order chi connectivity index (χ0) is 25.4. The monoisotopic (exact) mass is 555 g/mol. The molecular weight excluding hydrogens is 514 g/mol. The first kappa shape index (κ1) is 27.2. The van der Waals surface area contributed by atoms with Gasteiger partial charge in [-0.25, -0.2) is 0 Å². The average molecular weight is 557 g/mol. The summed E-state index contributed by atoms with van der Waals surface area (Å²) in [6.07, 6.45) is 13.4. The van der Waals surface area contributed by atoms with Gasteiger partial charge in [0.05, 0.1) is 0 Å². The lowest BCUT2D eigenvalue weighted by Crippen LogP contribution is -2.42. The molecule has 36 heavy (non-hydrogen) atoms. The van der Waals surface area contributed by atoms with Gasteiger partial charge in [-0.15, -0.1) is 0 Å². The zero-order valence-corrected chi connectivity index (χ0v) is 23.6. The van der Waals surface area contributed by atoms with Crippen LogP contribution < -0.4 is 4.74 Å². The third-order valence-electron chi connectivity index (χ3n) is 8.16. The van der Waals surface area contributed by atoms with E-state index in [9.17, 15) is 4.79 Å². The fraction of sp³-hybridized carbons (Fsp3) is 0.581. The second-order valence-corrected chi connectivity index (χ2v) is 11.5. The summed E-state index contributed by atoms with van der Waals surface area (Å²) in [5.41, 5.74) is 0.892. The molecule has 0 spiro atoms. The van der Waals surface area contributed by atoms with Crippen molar-refractivity contribution in [1.29, 1.82) is 0 Å². The largest absolute Gasteiger partial charge is 0.461 e. The maximum absolute atomic E-state index is 13.7. The number of esters is 1. The van der Waals surface area contributed by atoms with Crippen molar-refractivity contribution < 1.29 is 14.3 Å². The summed E-state index contributed by atoms with van der Waals surface area (Å²) in [6, 6.07) is 16.3. The smallest absolute Gasteiger partial charge is 0.321 e. The van der Waals surface area contributed by atoms with Crippen LogP contribution in [0, 0.1) is 0 Å². The van der Waals surface area contributed by atoms with Crippen molar-refractivity contribution >= 4 is 21.9 Å². The van der Waals surface area contributed by atoms with Gasteiger partial charge in [0.25, 0.3) is 0 Å². The molecular formula is C31H42BrNO3. The first-order valence-electron chi connectivity index (χ1n) is 13.9. The van der Waals surface area contributed by atoms with Gasteiger partial charge in [0.2, 0.25) is 0 Å². The van der Waals surface area contributed by atoms with Crippen LogP contribution in [0.1, 0.15) is 88.7 Å². The maximum atomic E-state index is 13.7. The van der Waals surface area contributed by atoms with Crippen LogP contribution in [0.25, 0.3) is 0 Å². The van der Waals surface area contributed by atoms with Gasteiger partial charge in [-0.1, -0.05) is 84.4 Å². The first-order valence-corrected chi connectivity index (χ1v) is 15.0. The Morgan fingerprint density at radius 3 is 2.00 bits per heavy atom. The van der Waals surface area contributed by atoms with Gasteiger partial charge < -0.3 is 14.4 Å². The highest BCUT2D eigenvalue weighted by atomic mass is 79.9. The van der Waals surface area contributed by atoms with E-state index in [1.165, 1.54) is 51.5 Å². The van der Waals surface area contributed by atoms with Crippen LogP contribution in [0.3, 0.4) is 0 Å². The second-order valence-electron chi connectivity index (χ2n) is 10.7. The van der Waals surface area contributed by atoms with Gasteiger partial charge in [0.1, 0.15) is 23.0 Å². The number of rotatable bonds is 12. The molecule has 0 unspecified atom stereocenters. The molecule has 4 rings (SSSR count).